The molecule has 1 fully saturated rings. The molecule has 1 aliphatic heterocycles. The van der Waals surface area contributed by atoms with Gasteiger partial charge in [0.05, 0.1) is 11.5 Å². The summed E-state index contributed by atoms with van der Waals surface area (Å²) in [7, 11) is 0. The summed E-state index contributed by atoms with van der Waals surface area (Å²) in [5.74, 6) is 0.984. The van der Waals surface area contributed by atoms with Crippen LogP contribution in [0.15, 0.2) is 40.3 Å². The highest BCUT2D eigenvalue weighted by molar-refractivity contribution is 9.10. The number of hydrogen-bond acceptors (Lipinski definition) is 6. The highest BCUT2D eigenvalue weighted by atomic mass is 79.9. The van der Waals surface area contributed by atoms with Crippen LogP contribution >= 0.6 is 27.3 Å². The van der Waals surface area contributed by atoms with E-state index in [0.29, 0.717) is 18.4 Å². The van der Waals surface area contributed by atoms with E-state index in [2.05, 4.69) is 68.1 Å². The van der Waals surface area contributed by atoms with Crippen molar-refractivity contribution in [2.45, 2.75) is 32.1 Å². The fourth-order valence-corrected chi connectivity index (χ4v) is 5.42. The number of thiophene rings is 1. The molecule has 162 valence electrons. The van der Waals surface area contributed by atoms with E-state index in [1.54, 1.807) is 11.3 Å². The van der Waals surface area contributed by atoms with E-state index in [1.165, 1.54) is 4.88 Å². The van der Waals surface area contributed by atoms with Crippen molar-refractivity contribution >= 4 is 27.3 Å². The predicted molar refractivity (Wildman–Crippen MR) is 126 cm³/mol. The summed E-state index contributed by atoms with van der Waals surface area (Å²) in [6, 6.07) is 12.6. The van der Waals surface area contributed by atoms with E-state index in [0.717, 1.165) is 56.7 Å². The van der Waals surface area contributed by atoms with Gasteiger partial charge < -0.3 is 9.64 Å². The highest BCUT2D eigenvalue weighted by Crippen LogP contribution is 2.39. The van der Waals surface area contributed by atoms with Gasteiger partial charge in [-0.1, -0.05) is 26.0 Å². The summed E-state index contributed by atoms with van der Waals surface area (Å²) in [4.78, 5) is 10.5. The second-order valence-electron chi connectivity index (χ2n) is 8.15. The molecule has 1 atom stereocenters. The van der Waals surface area contributed by atoms with E-state index < -0.39 is 0 Å². The zero-order valence-corrected chi connectivity index (χ0v) is 20.3. The van der Waals surface area contributed by atoms with Gasteiger partial charge in [0, 0.05) is 43.7 Å². The van der Waals surface area contributed by atoms with Crippen molar-refractivity contribution in [3.05, 3.63) is 45.2 Å². The Kier molecular flexibility index (Phi) is 8.70. The fraction of sp³-hybridized carbons (Fsp3) is 0.565. The fourth-order valence-electron chi connectivity index (χ4n) is 4.04. The van der Waals surface area contributed by atoms with Gasteiger partial charge >= 0.3 is 0 Å². The number of hydrogen-bond donors (Lipinski definition) is 0. The van der Waals surface area contributed by atoms with E-state index >= 15 is 0 Å². The lowest BCUT2D eigenvalue weighted by Crippen LogP contribution is -2.47. The first kappa shape index (κ1) is 23.2. The summed E-state index contributed by atoms with van der Waals surface area (Å²) >= 11 is 5.08. The van der Waals surface area contributed by atoms with Gasteiger partial charge in [0.15, 0.2) is 0 Å². The Balaban J connectivity index is 1.38. The number of ether oxygens (including phenoxy) is 1. The molecule has 0 radical (unpaired) electrons. The summed E-state index contributed by atoms with van der Waals surface area (Å²) < 4.78 is 6.56. The Bertz CT molecular complexity index is 815. The van der Waals surface area contributed by atoms with Crippen LogP contribution < -0.4 is 4.74 Å². The first-order chi connectivity index (χ1) is 14.5. The molecular formula is C23H31BrN4OS. The molecule has 0 aliphatic carbocycles. The predicted octanol–water partition coefficient (Wildman–Crippen LogP) is 4.80. The van der Waals surface area contributed by atoms with Crippen LogP contribution in [0.5, 0.6) is 5.88 Å². The third kappa shape index (κ3) is 6.04. The number of nitriles is 1. The Hall–Kier alpha value is -1.46. The maximum absolute atomic E-state index is 9.99. The lowest BCUT2D eigenvalue weighted by atomic mass is 9.73. The molecule has 2 aromatic rings. The molecule has 1 saturated heterocycles. The molecule has 3 heterocycles. The molecule has 5 nitrogen and oxygen atoms in total. The average molecular weight is 491 g/mol. The van der Waals surface area contributed by atoms with Crippen LogP contribution in [0.3, 0.4) is 0 Å². The molecular weight excluding hydrogens is 460 g/mol. The summed E-state index contributed by atoms with van der Waals surface area (Å²) in [5.41, 5.74) is -0.353. The van der Waals surface area contributed by atoms with E-state index in [4.69, 9.17) is 4.74 Å². The Morgan fingerprint density at radius 2 is 1.90 bits per heavy atom. The lowest BCUT2D eigenvalue weighted by molar-refractivity contribution is 0.113. The topological polar surface area (TPSA) is 52.4 Å². The molecule has 1 unspecified atom stereocenters. The third-order valence-corrected chi connectivity index (χ3v) is 7.49. The molecule has 0 N–H and O–H groups in total. The molecule has 0 aromatic carbocycles. The smallest absolute Gasteiger partial charge is 0.214 e. The molecule has 0 amide bonds. The SMILES string of the molecule is CC(C)C(C#N)(CCCN1CCN(CCOc2cccc(Br)n2)CC1)c1cccs1. The van der Waals surface area contributed by atoms with Crippen molar-refractivity contribution in [1.82, 2.24) is 14.8 Å². The quantitative estimate of drug-likeness (QED) is 0.447. The van der Waals surface area contributed by atoms with Gasteiger partial charge in [-0.05, 0) is 58.7 Å². The Morgan fingerprint density at radius 1 is 1.17 bits per heavy atom. The van der Waals surface area contributed by atoms with Crippen LogP contribution in [-0.4, -0.2) is 60.7 Å². The van der Waals surface area contributed by atoms with Gasteiger partial charge in [-0.25, -0.2) is 4.98 Å². The molecule has 0 saturated carbocycles. The largest absolute Gasteiger partial charge is 0.476 e. The van der Waals surface area contributed by atoms with Crippen LogP contribution in [0.2, 0.25) is 0 Å². The van der Waals surface area contributed by atoms with Gasteiger partial charge in [-0.15, -0.1) is 11.3 Å². The second-order valence-corrected chi connectivity index (χ2v) is 9.91. The van der Waals surface area contributed by atoms with Crippen LogP contribution in [0.4, 0.5) is 0 Å². The van der Waals surface area contributed by atoms with Crippen molar-refractivity contribution in [1.29, 1.82) is 5.26 Å². The van der Waals surface area contributed by atoms with Crippen molar-refractivity contribution in [2.24, 2.45) is 5.92 Å². The van der Waals surface area contributed by atoms with Crippen LogP contribution in [0, 0.1) is 17.2 Å². The van der Waals surface area contributed by atoms with Gasteiger partial charge in [0.2, 0.25) is 5.88 Å². The number of piperazine rings is 1. The standard InChI is InChI=1S/C23H31BrN4OS/c1-19(2)23(18-25,20-6-4-17-30-20)9-5-10-27-11-13-28(14-12-27)15-16-29-22-8-3-7-21(24)26-22/h3-4,6-8,17,19H,5,9-16H2,1-2H3. The minimum absolute atomic E-state index is 0.317. The molecule has 3 rings (SSSR count). The number of aromatic nitrogens is 1. The van der Waals surface area contributed by atoms with Crippen LogP contribution in [-0.2, 0) is 5.41 Å². The average Bonchev–Trinajstić information content (AvgIpc) is 3.27. The molecule has 7 heteroatoms. The van der Waals surface area contributed by atoms with Gasteiger partial charge in [0.1, 0.15) is 11.2 Å². The minimum Gasteiger partial charge on any atom is -0.476 e. The van der Waals surface area contributed by atoms with Crippen LogP contribution in [0.25, 0.3) is 0 Å². The van der Waals surface area contributed by atoms with E-state index in [9.17, 15) is 5.26 Å². The number of halogens is 1. The third-order valence-electron chi connectivity index (χ3n) is 6.00. The zero-order chi connectivity index (χ0) is 21.4. The Morgan fingerprint density at radius 3 is 2.50 bits per heavy atom. The molecule has 30 heavy (non-hydrogen) atoms. The number of rotatable bonds is 10. The minimum atomic E-state index is -0.353. The monoisotopic (exact) mass is 490 g/mol. The molecule has 1 aliphatic rings. The number of pyridine rings is 1. The first-order valence-corrected chi connectivity index (χ1v) is 12.4. The summed E-state index contributed by atoms with van der Waals surface area (Å²) in [5, 5.41) is 12.1. The maximum Gasteiger partial charge on any atom is 0.214 e. The summed E-state index contributed by atoms with van der Waals surface area (Å²) in [6.45, 7) is 11.3. The zero-order valence-electron chi connectivity index (χ0n) is 17.9. The van der Waals surface area contributed by atoms with Crippen LogP contribution in [0.1, 0.15) is 31.6 Å². The number of nitrogens with zero attached hydrogens (tertiary/aromatic N) is 4. The molecule has 2 aromatic heterocycles. The molecule has 0 spiro atoms. The van der Waals surface area contributed by atoms with Gasteiger partial charge in [-0.3, -0.25) is 4.90 Å². The van der Waals surface area contributed by atoms with E-state index in [-0.39, 0.29) is 5.41 Å². The van der Waals surface area contributed by atoms with Crippen molar-refractivity contribution in [2.75, 3.05) is 45.9 Å². The van der Waals surface area contributed by atoms with Crippen molar-refractivity contribution < 1.29 is 4.74 Å². The lowest BCUT2D eigenvalue weighted by Gasteiger charge is -2.35. The maximum atomic E-state index is 9.99. The summed E-state index contributed by atoms with van der Waals surface area (Å²) in [6.07, 6.45) is 1.98. The highest BCUT2D eigenvalue weighted by Gasteiger charge is 2.36. The first-order valence-electron chi connectivity index (χ1n) is 10.7. The normalized spacial score (nSPS) is 17.6. The molecule has 0 bridgehead atoms. The van der Waals surface area contributed by atoms with Gasteiger partial charge in [0.25, 0.3) is 0 Å². The van der Waals surface area contributed by atoms with Crippen molar-refractivity contribution in [3.8, 4) is 11.9 Å². The van der Waals surface area contributed by atoms with Gasteiger partial charge in [-0.2, -0.15) is 5.26 Å². The second kappa shape index (κ2) is 11.2. The Labute approximate surface area is 192 Å². The van der Waals surface area contributed by atoms with Crippen molar-refractivity contribution in [3.63, 3.8) is 0 Å². The van der Waals surface area contributed by atoms with E-state index in [1.807, 2.05) is 18.2 Å².